The van der Waals surface area contributed by atoms with E-state index in [0.29, 0.717) is 10.0 Å². The van der Waals surface area contributed by atoms with E-state index in [1.165, 1.54) is 17.0 Å². The number of hydrogen-bond donors (Lipinski definition) is 1. The zero-order valence-electron chi connectivity index (χ0n) is 22.6. The molecule has 3 rings (SSSR count). The standard InChI is InChI=1S/C29H33Cl2N3O4S/c1-20-6-16-26(17-7-20)39(37,38)34(25-14-12-24(31)13-15-25)19-27(35)33(18-22-8-10-23(30)11-9-22)21(2)28(36)32-29(3,4)5/h6-17,21H,18-19H2,1-5H3,(H,32,36). The third-order valence-electron chi connectivity index (χ3n) is 5.93. The van der Waals surface area contributed by atoms with Gasteiger partial charge < -0.3 is 10.2 Å². The van der Waals surface area contributed by atoms with Gasteiger partial charge in [-0.1, -0.05) is 53.0 Å². The Morgan fingerprint density at radius 1 is 0.872 bits per heavy atom. The molecule has 0 spiro atoms. The van der Waals surface area contributed by atoms with Gasteiger partial charge in [0.2, 0.25) is 11.8 Å². The molecular formula is C29H33Cl2N3O4S. The van der Waals surface area contributed by atoms with Gasteiger partial charge in [-0.15, -0.1) is 0 Å². The average Bonchev–Trinajstić information content (AvgIpc) is 2.86. The minimum atomic E-state index is -4.14. The number of nitrogens with zero attached hydrogens (tertiary/aromatic N) is 2. The molecule has 39 heavy (non-hydrogen) atoms. The van der Waals surface area contributed by atoms with Crippen LogP contribution in [0.15, 0.2) is 77.7 Å². The van der Waals surface area contributed by atoms with Crippen LogP contribution in [0.25, 0.3) is 0 Å². The van der Waals surface area contributed by atoms with E-state index in [4.69, 9.17) is 23.2 Å². The maximum absolute atomic E-state index is 13.9. The van der Waals surface area contributed by atoms with Crippen LogP contribution in [0, 0.1) is 6.92 Å². The lowest BCUT2D eigenvalue weighted by Crippen LogP contribution is -2.54. The molecule has 1 N–H and O–H groups in total. The Morgan fingerprint density at radius 3 is 1.90 bits per heavy atom. The fraction of sp³-hybridized carbons (Fsp3) is 0.310. The van der Waals surface area contributed by atoms with Crippen molar-refractivity contribution in [3.63, 3.8) is 0 Å². The summed E-state index contributed by atoms with van der Waals surface area (Å²) in [6.07, 6.45) is 0. The highest BCUT2D eigenvalue weighted by Crippen LogP contribution is 2.26. The second kappa shape index (κ2) is 12.4. The number of hydrogen-bond acceptors (Lipinski definition) is 4. The Balaban J connectivity index is 2.02. The van der Waals surface area contributed by atoms with Gasteiger partial charge in [0.1, 0.15) is 12.6 Å². The van der Waals surface area contributed by atoms with E-state index >= 15 is 0 Å². The Kier molecular flexibility index (Phi) is 9.69. The third-order valence-corrected chi connectivity index (χ3v) is 8.23. The lowest BCUT2D eigenvalue weighted by molar-refractivity contribution is -0.140. The molecule has 208 valence electrons. The van der Waals surface area contributed by atoms with Crippen molar-refractivity contribution >= 4 is 50.7 Å². The van der Waals surface area contributed by atoms with Crippen LogP contribution in [0.2, 0.25) is 10.0 Å². The van der Waals surface area contributed by atoms with Crippen LogP contribution >= 0.6 is 23.2 Å². The largest absolute Gasteiger partial charge is 0.350 e. The van der Waals surface area contributed by atoms with E-state index in [2.05, 4.69) is 5.32 Å². The van der Waals surface area contributed by atoms with Crippen molar-refractivity contribution in [1.29, 1.82) is 0 Å². The SMILES string of the molecule is Cc1ccc(S(=O)(=O)N(CC(=O)N(Cc2ccc(Cl)cc2)C(C)C(=O)NC(C)(C)C)c2ccc(Cl)cc2)cc1. The highest BCUT2D eigenvalue weighted by molar-refractivity contribution is 7.92. The van der Waals surface area contributed by atoms with Crippen LogP contribution < -0.4 is 9.62 Å². The molecule has 0 aliphatic rings. The number of carbonyl (C=O) groups is 2. The third kappa shape index (κ3) is 8.21. The van der Waals surface area contributed by atoms with Crippen LogP contribution in [-0.4, -0.2) is 43.3 Å². The molecule has 0 fully saturated rings. The number of rotatable bonds is 9. The quantitative estimate of drug-likeness (QED) is 0.340. The summed E-state index contributed by atoms with van der Waals surface area (Å²) in [7, 11) is -4.14. The summed E-state index contributed by atoms with van der Waals surface area (Å²) in [6, 6.07) is 18.6. The maximum atomic E-state index is 13.9. The fourth-order valence-corrected chi connectivity index (χ4v) is 5.48. The predicted molar refractivity (Wildman–Crippen MR) is 157 cm³/mol. The number of nitrogens with one attached hydrogen (secondary N) is 1. The molecule has 2 amide bonds. The molecule has 0 heterocycles. The van der Waals surface area contributed by atoms with Crippen molar-refractivity contribution in [1.82, 2.24) is 10.2 Å². The van der Waals surface area contributed by atoms with Crippen molar-refractivity contribution in [3.05, 3.63) is 94.0 Å². The van der Waals surface area contributed by atoms with Gasteiger partial charge in [-0.3, -0.25) is 13.9 Å². The molecule has 0 saturated heterocycles. The molecular weight excluding hydrogens is 557 g/mol. The maximum Gasteiger partial charge on any atom is 0.264 e. The van der Waals surface area contributed by atoms with E-state index in [0.717, 1.165) is 15.4 Å². The Bertz CT molecular complexity index is 1400. The Labute approximate surface area is 240 Å². The molecule has 0 radical (unpaired) electrons. The lowest BCUT2D eigenvalue weighted by atomic mass is 10.1. The number of amides is 2. The number of halogens is 2. The smallest absolute Gasteiger partial charge is 0.264 e. The highest BCUT2D eigenvalue weighted by Gasteiger charge is 2.33. The van der Waals surface area contributed by atoms with Crippen LogP contribution in [-0.2, 0) is 26.2 Å². The van der Waals surface area contributed by atoms with Crippen LogP contribution in [0.1, 0.15) is 38.8 Å². The number of benzene rings is 3. The molecule has 3 aromatic carbocycles. The Hall–Kier alpha value is -3.07. The number of sulfonamides is 1. The molecule has 3 aromatic rings. The molecule has 10 heteroatoms. The van der Waals surface area contributed by atoms with Gasteiger partial charge >= 0.3 is 0 Å². The first kappa shape index (κ1) is 30.5. The van der Waals surface area contributed by atoms with E-state index in [9.17, 15) is 18.0 Å². The van der Waals surface area contributed by atoms with Gasteiger partial charge in [0.25, 0.3) is 10.0 Å². The monoisotopic (exact) mass is 589 g/mol. The first-order valence-corrected chi connectivity index (χ1v) is 14.6. The molecule has 0 bridgehead atoms. The first-order chi connectivity index (χ1) is 18.2. The second-order valence-corrected chi connectivity index (χ2v) is 13.1. The summed E-state index contributed by atoms with van der Waals surface area (Å²) in [4.78, 5) is 28.4. The number of carbonyl (C=O) groups excluding carboxylic acids is 2. The molecule has 1 atom stereocenters. The molecule has 7 nitrogen and oxygen atoms in total. The predicted octanol–water partition coefficient (Wildman–Crippen LogP) is 5.83. The summed E-state index contributed by atoms with van der Waals surface area (Å²) in [5.41, 5.74) is 1.38. The van der Waals surface area contributed by atoms with Crippen molar-refractivity contribution in [2.45, 2.75) is 57.6 Å². The van der Waals surface area contributed by atoms with Gasteiger partial charge in [0.05, 0.1) is 10.6 Å². The molecule has 0 aliphatic carbocycles. The molecule has 0 aliphatic heterocycles. The minimum absolute atomic E-state index is 0.0404. The van der Waals surface area contributed by atoms with E-state index in [-0.39, 0.29) is 23.0 Å². The summed E-state index contributed by atoms with van der Waals surface area (Å²) in [6.45, 7) is 8.57. The van der Waals surface area contributed by atoms with Crippen molar-refractivity contribution in [2.75, 3.05) is 10.8 Å². The fourth-order valence-electron chi connectivity index (χ4n) is 3.82. The van der Waals surface area contributed by atoms with Crippen molar-refractivity contribution in [3.8, 4) is 0 Å². The van der Waals surface area contributed by atoms with E-state index < -0.39 is 34.1 Å². The zero-order chi connectivity index (χ0) is 29.0. The number of anilines is 1. The lowest BCUT2D eigenvalue weighted by Gasteiger charge is -2.33. The zero-order valence-corrected chi connectivity index (χ0v) is 24.9. The Morgan fingerprint density at radius 2 is 1.38 bits per heavy atom. The minimum Gasteiger partial charge on any atom is -0.350 e. The van der Waals surface area contributed by atoms with Gasteiger partial charge in [-0.25, -0.2) is 8.42 Å². The van der Waals surface area contributed by atoms with Gasteiger partial charge in [0.15, 0.2) is 0 Å². The van der Waals surface area contributed by atoms with Gasteiger partial charge in [-0.05, 0) is 88.7 Å². The van der Waals surface area contributed by atoms with Crippen LogP contribution in [0.5, 0.6) is 0 Å². The summed E-state index contributed by atoms with van der Waals surface area (Å²) in [5, 5.41) is 3.86. The van der Waals surface area contributed by atoms with Crippen LogP contribution in [0.3, 0.4) is 0 Å². The molecule has 1 unspecified atom stereocenters. The highest BCUT2D eigenvalue weighted by atomic mass is 35.5. The summed E-state index contributed by atoms with van der Waals surface area (Å²) >= 11 is 12.1. The summed E-state index contributed by atoms with van der Waals surface area (Å²) in [5.74, 6) is -0.906. The van der Waals surface area contributed by atoms with E-state index in [1.807, 2.05) is 27.7 Å². The average molecular weight is 591 g/mol. The summed E-state index contributed by atoms with van der Waals surface area (Å²) < 4.78 is 28.6. The second-order valence-electron chi connectivity index (χ2n) is 10.4. The molecule has 0 saturated carbocycles. The van der Waals surface area contributed by atoms with Crippen LogP contribution in [0.4, 0.5) is 5.69 Å². The normalized spacial score (nSPS) is 12.5. The van der Waals surface area contributed by atoms with Gasteiger partial charge in [0, 0.05) is 22.1 Å². The van der Waals surface area contributed by atoms with Gasteiger partial charge in [-0.2, -0.15) is 0 Å². The number of aryl methyl sites for hydroxylation is 1. The van der Waals surface area contributed by atoms with Crippen molar-refractivity contribution < 1.29 is 18.0 Å². The molecule has 0 aromatic heterocycles. The van der Waals surface area contributed by atoms with E-state index in [1.54, 1.807) is 67.6 Å². The topological polar surface area (TPSA) is 86.8 Å². The first-order valence-electron chi connectivity index (χ1n) is 12.4. The van der Waals surface area contributed by atoms with Crippen molar-refractivity contribution in [2.24, 2.45) is 0 Å².